The fourth-order valence-corrected chi connectivity index (χ4v) is 8.07. The molecule has 0 amide bonds. The van der Waals surface area contributed by atoms with Gasteiger partial charge in [0.1, 0.15) is 6.16 Å². The lowest BCUT2D eigenvalue weighted by atomic mass is 10.4. The van der Waals surface area contributed by atoms with Crippen LogP contribution in [-0.2, 0) is 9.47 Å². The monoisotopic (exact) mass is 382 g/mol. The zero-order chi connectivity index (χ0) is 14.7. The molecule has 2 nitrogen and oxygen atoms in total. The Morgan fingerprint density at radius 1 is 0.810 bits per heavy atom. The molecule has 0 N–H and O–H groups in total. The quantitative estimate of drug-likeness (QED) is 0.509. The number of ether oxygens (including phenoxy) is 2. The number of hydrogen-bond donors (Lipinski definition) is 0. The molecule has 1 aliphatic rings. The van der Waals surface area contributed by atoms with Crippen LogP contribution in [0.1, 0.15) is 65.7 Å². The Morgan fingerprint density at radius 3 is 1.62 bits per heavy atom. The van der Waals surface area contributed by atoms with E-state index in [9.17, 15) is 0 Å². The summed E-state index contributed by atoms with van der Waals surface area (Å²) in [7, 11) is -0.864. The van der Waals surface area contributed by atoms with Crippen LogP contribution in [0.2, 0.25) is 0 Å². The van der Waals surface area contributed by atoms with Gasteiger partial charge in [-0.15, -0.1) is 0 Å². The molecule has 1 rings (SSSR count). The van der Waals surface area contributed by atoms with Crippen molar-refractivity contribution >= 4 is 7.26 Å². The van der Waals surface area contributed by atoms with Crippen LogP contribution < -0.4 is 17.0 Å². The molecule has 0 spiro atoms. The summed E-state index contributed by atoms with van der Waals surface area (Å²) in [5.74, 6) is 0. The van der Waals surface area contributed by atoms with Crippen LogP contribution in [0.25, 0.3) is 0 Å². The van der Waals surface area contributed by atoms with E-state index in [1.165, 1.54) is 63.2 Å². The largest absolute Gasteiger partial charge is 1.00 e. The van der Waals surface area contributed by atoms with E-state index in [2.05, 4.69) is 20.8 Å². The zero-order valence-electron chi connectivity index (χ0n) is 14.4. The molecule has 0 saturated carbocycles. The van der Waals surface area contributed by atoms with Crippen LogP contribution in [0.5, 0.6) is 0 Å². The van der Waals surface area contributed by atoms with Gasteiger partial charge in [-0.2, -0.15) is 0 Å². The smallest absolute Gasteiger partial charge is 0.191 e. The minimum atomic E-state index is -0.864. The Morgan fingerprint density at radius 2 is 1.24 bits per heavy atom. The fraction of sp³-hybridized carbons (Fsp3) is 1.00. The highest BCUT2D eigenvalue weighted by atomic mass is 79.9. The highest BCUT2D eigenvalue weighted by molar-refractivity contribution is 7.75. The van der Waals surface area contributed by atoms with Gasteiger partial charge in [-0.25, -0.2) is 0 Å². The molecule has 1 heterocycles. The average molecular weight is 383 g/mol. The maximum atomic E-state index is 5.88. The van der Waals surface area contributed by atoms with Crippen molar-refractivity contribution in [3.63, 3.8) is 0 Å². The molecule has 0 atom stereocenters. The topological polar surface area (TPSA) is 18.5 Å². The highest BCUT2D eigenvalue weighted by Gasteiger charge is 2.39. The van der Waals surface area contributed by atoms with E-state index >= 15 is 0 Å². The van der Waals surface area contributed by atoms with Gasteiger partial charge in [-0.05, 0) is 25.7 Å². The minimum absolute atomic E-state index is 0. The van der Waals surface area contributed by atoms with Crippen LogP contribution in [0.4, 0.5) is 0 Å². The summed E-state index contributed by atoms with van der Waals surface area (Å²) < 4.78 is 11.8. The van der Waals surface area contributed by atoms with Gasteiger partial charge in [-0.1, -0.05) is 40.0 Å². The van der Waals surface area contributed by atoms with Crippen LogP contribution in [-0.4, -0.2) is 44.2 Å². The van der Waals surface area contributed by atoms with Crippen molar-refractivity contribution in [1.82, 2.24) is 0 Å². The molecule has 0 aromatic rings. The average Bonchev–Trinajstić information content (AvgIpc) is 2.49. The van der Waals surface area contributed by atoms with Crippen molar-refractivity contribution in [1.29, 1.82) is 0 Å². The van der Waals surface area contributed by atoms with E-state index in [4.69, 9.17) is 9.47 Å². The van der Waals surface area contributed by atoms with Gasteiger partial charge < -0.3 is 26.5 Å². The maximum Gasteiger partial charge on any atom is 0.191 e. The van der Waals surface area contributed by atoms with E-state index in [1.54, 1.807) is 0 Å². The summed E-state index contributed by atoms with van der Waals surface area (Å²) in [5, 5.41) is 0. The van der Waals surface area contributed by atoms with E-state index < -0.39 is 7.26 Å². The van der Waals surface area contributed by atoms with E-state index in [-0.39, 0.29) is 23.3 Å². The molecule has 1 aliphatic heterocycles. The SMILES string of the molecule is CCCC[P+](CCCC)(CCCC)CC1OCCCO1.[Br-]. The number of halogens is 1. The molecule has 0 unspecified atom stereocenters. The summed E-state index contributed by atoms with van der Waals surface area (Å²) in [6.45, 7) is 8.77. The molecule has 0 bridgehead atoms. The lowest BCUT2D eigenvalue weighted by Crippen LogP contribution is -3.00. The maximum absolute atomic E-state index is 5.88. The predicted molar refractivity (Wildman–Crippen MR) is 91.4 cm³/mol. The summed E-state index contributed by atoms with van der Waals surface area (Å²) in [6.07, 6.45) is 15.0. The van der Waals surface area contributed by atoms with Gasteiger partial charge in [0, 0.05) is 7.26 Å². The van der Waals surface area contributed by atoms with Crippen molar-refractivity contribution < 1.29 is 26.5 Å². The van der Waals surface area contributed by atoms with Crippen LogP contribution in [0.3, 0.4) is 0 Å². The third-order valence-electron chi connectivity index (χ3n) is 4.39. The molecule has 0 aromatic heterocycles. The summed E-state index contributed by atoms with van der Waals surface area (Å²) in [5.41, 5.74) is 0. The summed E-state index contributed by atoms with van der Waals surface area (Å²) in [6, 6.07) is 0. The highest BCUT2D eigenvalue weighted by Crippen LogP contribution is 2.61. The lowest BCUT2D eigenvalue weighted by Gasteiger charge is -2.33. The van der Waals surface area contributed by atoms with Gasteiger partial charge in [0.2, 0.25) is 0 Å². The molecule has 0 aromatic carbocycles. The molecular formula is C17H36BrO2P. The van der Waals surface area contributed by atoms with Crippen molar-refractivity contribution in [3.05, 3.63) is 0 Å². The van der Waals surface area contributed by atoms with Gasteiger partial charge in [0.15, 0.2) is 6.29 Å². The molecule has 1 saturated heterocycles. The van der Waals surface area contributed by atoms with Crippen LogP contribution in [0, 0.1) is 0 Å². The normalized spacial score (nSPS) is 16.7. The minimum Gasteiger partial charge on any atom is -1.00 e. The molecule has 1 fully saturated rings. The standard InChI is InChI=1S/C17H36O2P.BrH/c1-4-7-13-20(14-8-5-2,15-9-6-3)16-17-18-11-10-12-19-17;/h17H,4-16H2,1-3H3;1H/q+1;/p-1. The summed E-state index contributed by atoms with van der Waals surface area (Å²) >= 11 is 0. The van der Waals surface area contributed by atoms with Crippen LogP contribution >= 0.6 is 7.26 Å². The molecule has 21 heavy (non-hydrogen) atoms. The molecular weight excluding hydrogens is 347 g/mol. The Kier molecular flexibility index (Phi) is 13.8. The number of hydrogen-bond acceptors (Lipinski definition) is 2. The first-order valence-electron chi connectivity index (χ1n) is 8.84. The fourth-order valence-electron chi connectivity index (χ4n) is 3.05. The van der Waals surface area contributed by atoms with Gasteiger partial charge >= 0.3 is 0 Å². The first kappa shape index (κ1) is 21.8. The zero-order valence-corrected chi connectivity index (χ0v) is 16.9. The first-order valence-corrected chi connectivity index (χ1v) is 11.4. The number of rotatable bonds is 11. The second kappa shape index (κ2) is 13.3. The second-order valence-electron chi connectivity index (χ2n) is 6.28. The van der Waals surface area contributed by atoms with Crippen molar-refractivity contribution in [2.75, 3.05) is 37.9 Å². The molecule has 128 valence electrons. The first-order chi connectivity index (χ1) is 9.76. The lowest BCUT2D eigenvalue weighted by molar-refractivity contribution is -0.165. The third kappa shape index (κ3) is 8.89. The third-order valence-corrected chi connectivity index (χ3v) is 9.26. The van der Waals surface area contributed by atoms with Crippen molar-refractivity contribution in [3.8, 4) is 0 Å². The van der Waals surface area contributed by atoms with Gasteiger partial charge in [0.25, 0.3) is 0 Å². The van der Waals surface area contributed by atoms with Gasteiger partial charge in [-0.3, -0.25) is 0 Å². The van der Waals surface area contributed by atoms with E-state index in [0.29, 0.717) is 0 Å². The van der Waals surface area contributed by atoms with Crippen molar-refractivity contribution in [2.24, 2.45) is 0 Å². The second-order valence-corrected chi connectivity index (χ2v) is 10.7. The number of unbranched alkanes of at least 4 members (excludes halogenated alkanes) is 3. The Balaban J connectivity index is 0.00000400. The molecule has 4 heteroatoms. The predicted octanol–water partition coefficient (Wildman–Crippen LogP) is 2.17. The Labute approximate surface area is 143 Å². The van der Waals surface area contributed by atoms with E-state index in [0.717, 1.165) is 19.6 Å². The molecule has 0 aliphatic carbocycles. The Hall–Kier alpha value is 0.830. The van der Waals surface area contributed by atoms with Crippen molar-refractivity contribution in [2.45, 2.75) is 72.0 Å². The van der Waals surface area contributed by atoms with Crippen LogP contribution in [0.15, 0.2) is 0 Å². The Bertz CT molecular complexity index is 211. The van der Waals surface area contributed by atoms with Gasteiger partial charge in [0.05, 0.1) is 31.7 Å². The molecule has 0 radical (unpaired) electrons. The summed E-state index contributed by atoms with van der Waals surface area (Å²) in [4.78, 5) is 0. The van der Waals surface area contributed by atoms with E-state index in [1.807, 2.05) is 0 Å².